The SMILES string of the molecule is CN(C[C@@]1(c2ccccc2)CC1(C)C)C(=O)CC[C@]1(Cc2ccc(F)cc2)CCC(=O)N1. The van der Waals surface area contributed by atoms with Gasteiger partial charge in [0.15, 0.2) is 0 Å². The second-order valence-electron chi connectivity index (χ2n) is 10.4. The highest BCUT2D eigenvalue weighted by Crippen LogP contribution is 2.64. The molecule has 1 heterocycles. The summed E-state index contributed by atoms with van der Waals surface area (Å²) in [6.45, 7) is 5.23. The van der Waals surface area contributed by atoms with Crippen molar-refractivity contribution in [2.45, 2.75) is 63.3 Å². The van der Waals surface area contributed by atoms with Crippen LogP contribution < -0.4 is 5.32 Å². The van der Waals surface area contributed by atoms with Crippen molar-refractivity contribution in [3.05, 3.63) is 71.5 Å². The number of nitrogens with zero attached hydrogens (tertiary/aromatic N) is 1. The van der Waals surface area contributed by atoms with E-state index in [1.807, 2.05) is 18.0 Å². The molecule has 1 saturated heterocycles. The van der Waals surface area contributed by atoms with Crippen LogP contribution in [0.3, 0.4) is 0 Å². The smallest absolute Gasteiger partial charge is 0.222 e. The fourth-order valence-electron chi connectivity index (χ4n) is 5.53. The van der Waals surface area contributed by atoms with E-state index in [4.69, 9.17) is 0 Å². The Kier molecular flexibility index (Phi) is 5.87. The summed E-state index contributed by atoms with van der Waals surface area (Å²) < 4.78 is 13.3. The van der Waals surface area contributed by atoms with Crippen molar-refractivity contribution in [1.29, 1.82) is 0 Å². The van der Waals surface area contributed by atoms with Crippen molar-refractivity contribution < 1.29 is 14.0 Å². The molecule has 2 fully saturated rings. The van der Waals surface area contributed by atoms with Crippen molar-refractivity contribution in [1.82, 2.24) is 10.2 Å². The Labute approximate surface area is 190 Å². The van der Waals surface area contributed by atoms with Gasteiger partial charge in [-0.3, -0.25) is 9.59 Å². The molecule has 2 aromatic carbocycles. The zero-order valence-corrected chi connectivity index (χ0v) is 19.3. The highest BCUT2D eigenvalue weighted by atomic mass is 19.1. The molecule has 0 aromatic heterocycles. The van der Waals surface area contributed by atoms with E-state index < -0.39 is 5.54 Å². The second-order valence-corrected chi connectivity index (χ2v) is 10.4. The third kappa shape index (κ3) is 4.43. The number of carbonyl (C=O) groups is 2. The van der Waals surface area contributed by atoms with Crippen LogP contribution in [0.15, 0.2) is 54.6 Å². The van der Waals surface area contributed by atoms with Crippen molar-refractivity contribution >= 4 is 11.8 Å². The number of benzene rings is 2. The fraction of sp³-hybridized carbons (Fsp3) is 0.481. The number of likely N-dealkylation sites (N-methyl/N-ethyl adjacent to an activating group) is 1. The number of halogens is 1. The van der Waals surface area contributed by atoms with E-state index in [-0.39, 0.29) is 28.5 Å². The van der Waals surface area contributed by atoms with Crippen LogP contribution in [-0.2, 0) is 21.4 Å². The zero-order chi connectivity index (χ0) is 23.0. The molecule has 170 valence electrons. The van der Waals surface area contributed by atoms with E-state index in [2.05, 4.69) is 43.4 Å². The number of rotatable bonds is 8. The summed E-state index contributed by atoms with van der Waals surface area (Å²) in [4.78, 5) is 27.0. The summed E-state index contributed by atoms with van der Waals surface area (Å²) in [5.41, 5.74) is 1.97. The molecule has 5 heteroatoms. The Balaban J connectivity index is 1.42. The van der Waals surface area contributed by atoms with Gasteiger partial charge in [0, 0.05) is 37.4 Å². The predicted octanol–water partition coefficient (Wildman–Crippen LogP) is 4.62. The molecule has 1 saturated carbocycles. The average Bonchev–Trinajstić information content (AvgIpc) is 3.13. The van der Waals surface area contributed by atoms with Crippen LogP contribution in [0.1, 0.15) is 57.1 Å². The molecule has 2 aromatic rings. The Morgan fingerprint density at radius 3 is 2.31 bits per heavy atom. The normalized spacial score (nSPS) is 25.9. The van der Waals surface area contributed by atoms with E-state index >= 15 is 0 Å². The van der Waals surface area contributed by atoms with Gasteiger partial charge in [0.05, 0.1) is 0 Å². The summed E-state index contributed by atoms with van der Waals surface area (Å²) in [5, 5.41) is 3.12. The van der Waals surface area contributed by atoms with Crippen molar-refractivity contribution in [3.8, 4) is 0 Å². The van der Waals surface area contributed by atoms with E-state index in [1.165, 1.54) is 17.7 Å². The minimum atomic E-state index is -0.443. The van der Waals surface area contributed by atoms with Gasteiger partial charge in [0.25, 0.3) is 0 Å². The van der Waals surface area contributed by atoms with Gasteiger partial charge >= 0.3 is 0 Å². The number of hydrogen-bond donors (Lipinski definition) is 1. The number of hydrogen-bond acceptors (Lipinski definition) is 2. The minimum absolute atomic E-state index is 0.00789. The van der Waals surface area contributed by atoms with Gasteiger partial charge in [-0.2, -0.15) is 0 Å². The van der Waals surface area contributed by atoms with Crippen LogP contribution in [0.25, 0.3) is 0 Å². The Morgan fingerprint density at radius 1 is 1.09 bits per heavy atom. The molecule has 0 radical (unpaired) electrons. The lowest BCUT2D eigenvalue weighted by atomic mass is 9.84. The molecule has 2 amide bonds. The number of nitrogens with one attached hydrogen (secondary N) is 1. The fourth-order valence-corrected chi connectivity index (χ4v) is 5.53. The first-order chi connectivity index (χ1) is 15.1. The number of amides is 2. The van der Waals surface area contributed by atoms with E-state index in [1.54, 1.807) is 12.1 Å². The summed E-state index contributed by atoms with van der Waals surface area (Å²) in [5.74, 6) is -0.149. The van der Waals surface area contributed by atoms with Gasteiger partial charge < -0.3 is 10.2 Å². The summed E-state index contributed by atoms with van der Waals surface area (Å²) in [7, 11) is 1.89. The Hall–Kier alpha value is -2.69. The third-order valence-electron chi connectivity index (χ3n) is 7.68. The predicted molar refractivity (Wildman–Crippen MR) is 124 cm³/mol. The molecule has 0 unspecified atom stereocenters. The lowest BCUT2D eigenvalue weighted by molar-refractivity contribution is -0.131. The van der Waals surface area contributed by atoms with Gasteiger partial charge in [-0.05, 0) is 54.4 Å². The quantitative estimate of drug-likeness (QED) is 0.656. The first-order valence-corrected chi connectivity index (χ1v) is 11.5. The van der Waals surface area contributed by atoms with Gasteiger partial charge in [0.2, 0.25) is 11.8 Å². The molecule has 1 aliphatic carbocycles. The Morgan fingerprint density at radius 2 is 1.75 bits per heavy atom. The molecule has 2 atom stereocenters. The van der Waals surface area contributed by atoms with Crippen LogP contribution in [-0.4, -0.2) is 35.8 Å². The van der Waals surface area contributed by atoms with E-state index in [0.717, 1.165) is 12.0 Å². The van der Waals surface area contributed by atoms with Crippen molar-refractivity contribution in [3.63, 3.8) is 0 Å². The molecule has 0 spiro atoms. The summed E-state index contributed by atoms with van der Waals surface area (Å²) >= 11 is 0. The Bertz CT molecular complexity index is 988. The first kappa shape index (κ1) is 22.5. The zero-order valence-electron chi connectivity index (χ0n) is 19.3. The van der Waals surface area contributed by atoms with Crippen LogP contribution >= 0.6 is 0 Å². The van der Waals surface area contributed by atoms with E-state index in [9.17, 15) is 14.0 Å². The monoisotopic (exact) mass is 436 g/mol. The van der Waals surface area contributed by atoms with E-state index in [0.29, 0.717) is 38.6 Å². The number of carbonyl (C=O) groups excluding carboxylic acids is 2. The highest BCUT2D eigenvalue weighted by Gasteiger charge is 2.62. The van der Waals surface area contributed by atoms with Gasteiger partial charge in [-0.15, -0.1) is 0 Å². The maximum atomic E-state index is 13.3. The lowest BCUT2D eigenvalue weighted by Crippen LogP contribution is -2.45. The molecule has 4 nitrogen and oxygen atoms in total. The van der Waals surface area contributed by atoms with Crippen molar-refractivity contribution in [2.75, 3.05) is 13.6 Å². The lowest BCUT2D eigenvalue weighted by Gasteiger charge is -2.31. The van der Waals surface area contributed by atoms with Gasteiger partial charge in [0.1, 0.15) is 5.82 Å². The minimum Gasteiger partial charge on any atom is -0.350 e. The second kappa shape index (κ2) is 8.34. The highest BCUT2D eigenvalue weighted by molar-refractivity contribution is 5.80. The summed E-state index contributed by atoms with van der Waals surface area (Å²) in [6, 6.07) is 16.9. The topological polar surface area (TPSA) is 49.4 Å². The van der Waals surface area contributed by atoms with Gasteiger partial charge in [-0.1, -0.05) is 56.3 Å². The molecule has 32 heavy (non-hydrogen) atoms. The molecule has 0 bridgehead atoms. The maximum Gasteiger partial charge on any atom is 0.222 e. The summed E-state index contributed by atoms with van der Waals surface area (Å²) in [6.07, 6.45) is 3.80. The standard InChI is InChI=1S/C27H33FN2O2/c1-25(2)18-27(25,21-7-5-4-6-8-21)19-30(3)24(32)14-16-26(15-13-23(31)29-26)17-20-9-11-22(28)12-10-20/h4-12H,13-19H2,1-3H3,(H,29,31)/t26-,27+/m0/s1. The third-order valence-corrected chi connectivity index (χ3v) is 7.68. The maximum absolute atomic E-state index is 13.3. The molecule has 2 aliphatic rings. The van der Waals surface area contributed by atoms with Crippen LogP contribution in [0, 0.1) is 11.2 Å². The van der Waals surface area contributed by atoms with Crippen LogP contribution in [0.5, 0.6) is 0 Å². The van der Waals surface area contributed by atoms with Crippen molar-refractivity contribution in [2.24, 2.45) is 5.41 Å². The molecule has 1 aliphatic heterocycles. The molecule has 1 N–H and O–H groups in total. The van der Waals surface area contributed by atoms with Crippen LogP contribution in [0.4, 0.5) is 4.39 Å². The first-order valence-electron chi connectivity index (χ1n) is 11.5. The van der Waals surface area contributed by atoms with Crippen LogP contribution in [0.2, 0.25) is 0 Å². The molecule has 4 rings (SSSR count). The molecular weight excluding hydrogens is 403 g/mol. The largest absolute Gasteiger partial charge is 0.350 e. The van der Waals surface area contributed by atoms with Gasteiger partial charge in [-0.25, -0.2) is 4.39 Å². The average molecular weight is 437 g/mol. The molecular formula is C27H33FN2O2.